The fraction of sp³-hybridized carbons (Fsp3) is 0.738. The Hall–Kier alpha value is -6.17. The number of carbonyl (C=O) groups excluding carboxylic acids is 8. The molecule has 2 aliphatic rings. The van der Waals surface area contributed by atoms with Gasteiger partial charge in [-0.15, -0.1) is 0 Å². The van der Waals surface area contributed by atoms with Gasteiger partial charge in [0.15, 0.2) is 5.78 Å². The number of methoxy groups -OCH3 is 4. The quantitative estimate of drug-likeness (QED) is 0.0413. The van der Waals surface area contributed by atoms with E-state index in [9.17, 15) is 53.4 Å². The van der Waals surface area contributed by atoms with Gasteiger partial charge in [-0.05, 0) is 92.7 Å². The van der Waals surface area contributed by atoms with Gasteiger partial charge in [-0.2, -0.15) is 0 Å². The van der Waals surface area contributed by atoms with Crippen LogP contribution in [0.15, 0.2) is 60.7 Å². The number of aliphatic carboxylic acids is 1. The highest BCUT2D eigenvalue weighted by Crippen LogP contribution is 2.34. The number of Topliss-reactive ketones (excluding diaryl/α,β-unsaturated/α-hetero) is 2. The minimum absolute atomic E-state index is 0.00173. The van der Waals surface area contributed by atoms with E-state index in [1.807, 2.05) is 151 Å². The molecule has 102 heavy (non-hydrogen) atoms. The van der Waals surface area contributed by atoms with Crippen LogP contribution in [0.25, 0.3) is 0 Å². The molecule has 0 saturated carbocycles. The molecule has 18 atom stereocenters. The minimum atomic E-state index is -1.13. The van der Waals surface area contributed by atoms with Crippen molar-refractivity contribution in [2.45, 2.75) is 254 Å². The van der Waals surface area contributed by atoms with Gasteiger partial charge in [-0.3, -0.25) is 38.4 Å². The van der Waals surface area contributed by atoms with Crippen molar-refractivity contribution >= 4 is 53.0 Å². The lowest BCUT2D eigenvalue weighted by molar-refractivity contribution is -0.149. The largest absolute Gasteiger partial charge is 0.480 e. The van der Waals surface area contributed by atoms with Crippen LogP contribution in [0, 0.1) is 65.1 Å². The summed E-state index contributed by atoms with van der Waals surface area (Å²) in [5, 5.41) is 29.4. The molecule has 4 rings (SSSR count). The SMILES string of the molecule is CC[C@H](C(=O)C[C@H](C(=O)N(C)[C@@H](C(C)C)[C@@H](CC(=O)N1CCC[C@H]1[C@H](OC)[C@@H](C)C(=O)N[C@H](C)[C@@H](O)c1ccccc1)OC)C(C)C)C(C)C.CC[C@H](C)[C@@H]([C@@H](CC(=O)N1CCC[C@H]1[C@H](OC)[C@@H](C)C(=O)N[C@@H](Cc1ccccc1)C(=O)O)OC)N(C)C(=O)[C@@H](CC(=O)[C@@H](NC)C(C)C)C(C)C. The van der Waals surface area contributed by atoms with Gasteiger partial charge in [0.2, 0.25) is 35.4 Å². The Morgan fingerprint density at radius 3 is 1.33 bits per heavy atom. The lowest BCUT2D eigenvalue weighted by Gasteiger charge is -2.41. The Morgan fingerprint density at radius 2 is 0.951 bits per heavy atom. The molecule has 0 aromatic heterocycles. The van der Waals surface area contributed by atoms with E-state index >= 15 is 0 Å². The van der Waals surface area contributed by atoms with Crippen LogP contribution in [0.1, 0.15) is 192 Å². The molecule has 0 bridgehead atoms. The van der Waals surface area contributed by atoms with Crippen molar-refractivity contribution in [2.75, 3.05) is 62.7 Å². The van der Waals surface area contributed by atoms with Crippen LogP contribution in [-0.4, -0.2) is 212 Å². The normalized spacial score (nSPS) is 19.6. The number of likely N-dealkylation sites (N-methyl/N-ethyl adjacent to an activating group) is 3. The number of ketones is 2. The number of hydrogen-bond donors (Lipinski definition) is 5. The summed E-state index contributed by atoms with van der Waals surface area (Å²) in [5.41, 5.74) is 1.50. The van der Waals surface area contributed by atoms with Gasteiger partial charge in [-0.25, -0.2) is 4.79 Å². The van der Waals surface area contributed by atoms with Crippen molar-refractivity contribution < 1.29 is 72.3 Å². The topological polar surface area (TPSA) is 280 Å². The van der Waals surface area contributed by atoms with Crippen molar-refractivity contribution in [3.05, 3.63) is 71.8 Å². The number of carboxylic acids is 1. The number of carbonyl (C=O) groups is 9. The molecule has 0 unspecified atom stereocenters. The molecule has 2 aromatic rings. The van der Waals surface area contributed by atoms with Crippen molar-refractivity contribution in [3.8, 4) is 0 Å². The molecule has 2 fully saturated rings. The minimum Gasteiger partial charge on any atom is -0.480 e. The van der Waals surface area contributed by atoms with Gasteiger partial charge in [-0.1, -0.05) is 171 Å². The molecular formula is C80H133N7O15. The molecule has 6 amide bonds. The van der Waals surface area contributed by atoms with Crippen molar-refractivity contribution in [1.29, 1.82) is 0 Å². The van der Waals surface area contributed by atoms with Crippen LogP contribution in [0.2, 0.25) is 0 Å². The number of likely N-dealkylation sites (tertiary alicyclic amines) is 2. The first-order valence-electron chi connectivity index (χ1n) is 37.6. The Labute approximate surface area is 611 Å². The first-order chi connectivity index (χ1) is 48.0. The average molecular weight is 1430 g/mol. The molecule has 2 heterocycles. The van der Waals surface area contributed by atoms with Crippen molar-refractivity contribution in [2.24, 2.45) is 65.1 Å². The van der Waals surface area contributed by atoms with Gasteiger partial charge in [0.25, 0.3) is 0 Å². The maximum Gasteiger partial charge on any atom is 0.326 e. The molecule has 22 nitrogen and oxygen atoms in total. The van der Waals surface area contributed by atoms with Crippen LogP contribution >= 0.6 is 0 Å². The van der Waals surface area contributed by atoms with Gasteiger partial charge >= 0.3 is 5.97 Å². The fourth-order valence-electron chi connectivity index (χ4n) is 15.6. The number of aliphatic hydroxyl groups is 1. The molecule has 0 spiro atoms. The number of rotatable bonds is 42. The van der Waals surface area contributed by atoms with Crippen LogP contribution in [0.4, 0.5) is 0 Å². The van der Waals surface area contributed by atoms with Crippen LogP contribution in [0.3, 0.4) is 0 Å². The average Bonchev–Trinajstić information content (AvgIpc) is 1.48. The van der Waals surface area contributed by atoms with Crippen LogP contribution in [0.5, 0.6) is 0 Å². The molecule has 2 saturated heterocycles. The van der Waals surface area contributed by atoms with Crippen LogP contribution < -0.4 is 16.0 Å². The van der Waals surface area contributed by atoms with Gasteiger partial charge in [0.05, 0.1) is 91.4 Å². The highest BCUT2D eigenvalue weighted by molar-refractivity contribution is 5.91. The van der Waals surface area contributed by atoms with E-state index in [1.54, 1.807) is 82.8 Å². The summed E-state index contributed by atoms with van der Waals surface area (Å²) >= 11 is 0. The van der Waals surface area contributed by atoms with E-state index in [0.29, 0.717) is 31.5 Å². The monoisotopic (exact) mass is 1430 g/mol. The molecule has 5 N–H and O–H groups in total. The predicted octanol–water partition coefficient (Wildman–Crippen LogP) is 9.86. The third-order valence-electron chi connectivity index (χ3n) is 21.9. The lowest BCUT2D eigenvalue weighted by atomic mass is 9.81. The van der Waals surface area contributed by atoms with Gasteiger partial charge in [0, 0.05) is 92.6 Å². The van der Waals surface area contributed by atoms with Crippen LogP contribution in [-0.2, 0) is 68.5 Å². The molecule has 578 valence electrons. The van der Waals surface area contributed by atoms with Crippen molar-refractivity contribution in [3.63, 3.8) is 0 Å². The predicted molar refractivity (Wildman–Crippen MR) is 399 cm³/mol. The fourth-order valence-corrected chi connectivity index (χ4v) is 15.6. The zero-order valence-corrected chi connectivity index (χ0v) is 66.2. The van der Waals surface area contributed by atoms with E-state index in [2.05, 4.69) is 16.0 Å². The number of aliphatic hydroxyl groups excluding tert-OH is 1. The second kappa shape index (κ2) is 43.9. The molecule has 2 aliphatic heterocycles. The molecular weight excluding hydrogens is 1300 g/mol. The number of nitrogens with zero attached hydrogens (tertiary/aromatic N) is 4. The number of ether oxygens (including phenoxy) is 4. The summed E-state index contributed by atoms with van der Waals surface area (Å²) in [6.07, 6.45) is 1.49. The number of nitrogens with one attached hydrogen (secondary N) is 3. The molecule has 0 aliphatic carbocycles. The molecule has 0 radical (unpaired) electrons. The summed E-state index contributed by atoms with van der Waals surface area (Å²) in [4.78, 5) is 129. The second-order valence-corrected chi connectivity index (χ2v) is 30.6. The second-order valence-electron chi connectivity index (χ2n) is 30.6. The summed E-state index contributed by atoms with van der Waals surface area (Å²) in [5.74, 6) is -4.55. The van der Waals surface area contributed by atoms with Gasteiger partial charge in [0.1, 0.15) is 11.8 Å². The maximum atomic E-state index is 14.2. The highest BCUT2D eigenvalue weighted by atomic mass is 16.5. The molecule has 22 heteroatoms. The highest BCUT2D eigenvalue weighted by Gasteiger charge is 2.46. The van der Waals surface area contributed by atoms with E-state index in [1.165, 1.54) is 7.11 Å². The first-order valence-corrected chi connectivity index (χ1v) is 37.6. The smallest absolute Gasteiger partial charge is 0.326 e. The Bertz CT molecular complexity index is 2920. The zero-order valence-electron chi connectivity index (χ0n) is 66.2. The Kier molecular flexibility index (Phi) is 38.8. The summed E-state index contributed by atoms with van der Waals surface area (Å²) in [6.45, 7) is 32.3. The van der Waals surface area contributed by atoms with E-state index in [-0.39, 0.29) is 127 Å². The van der Waals surface area contributed by atoms with E-state index < -0.39 is 96.3 Å². The third-order valence-corrected chi connectivity index (χ3v) is 21.9. The number of amides is 6. The third kappa shape index (κ3) is 25.0. The van der Waals surface area contributed by atoms with E-state index in [0.717, 1.165) is 31.2 Å². The zero-order chi connectivity index (χ0) is 77.2. The Morgan fingerprint density at radius 1 is 0.529 bits per heavy atom. The first kappa shape index (κ1) is 90.0. The maximum absolute atomic E-state index is 14.2. The number of carboxylic acid groups (broad SMARTS) is 1. The summed E-state index contributed by atoms with van der Waals surface area (Å²) in [6, 6.07) is 14.7. The summed E-state index contributed by atoms with van der Waals surface area (Å²) in [7, 11) is 11.5. The van der Waals surface area contributed by atoms with E-state index in [4.69, 9.17) is 18.9 Å². The van der Waals surface area contributed by atoms with Crippen molar-refractivity contribution in [1.82, 2.24) is 35.6 Å². The number of benzene rings is 2. The summed E-state index contributed by atoms with van der Waals surface area (Å²) < 4.78 is 23.7. The standard InChI is InChI=1S/C40H66N4O8.C40H67N3O7/c1-12-26(6)36(43(9)39(48)29(24(2)3)22-32(45)35(41-8)25(4)5)33(51-10)23-34(46)44-20-16-19-31(44)37(52-11)27(7)38(47)42-30(40(49)50)21-28-17-14-13-15-18-28;1-13-30(24(2)3)33(44)22-31(25(4)5)40(48)42(10)36(26(6)7)34(49-11)23-35(45)43-21-17-20-32(43)38(50-12)27(8)39(47)41-28(9)37(46)29-18-15-14-16-19-29/h13-15,17-18,24-27,29-31,33,35-37,41H,12,16,19-23H2,1-11H3,(H,42,47)(H,49,50);14-16,18-19,24-28,30-32,34,36-38,46H,13,17,20-23H2,1-12H3,(H,41,47)/t26-,27+,29-,30-,31-,33+,35-,36-,37+;27-,28-,30+,31+,32+,34-,36+,37-,38-/m01/s1. The lowest BCUT2D eigenvalue weighted by Crippen LogP contribution is -2.55. The molecule has 2 aromatic carbocycles. The number of hydrogen-bond acceptors (Lipinski definition) is 15. The van der Waals surface area contributed by atoms with Gasteiger partial charge < -0.3 is 64.7 Å². The Balaban J connectivity index is 0.000000531.